The van der Waals surface area contributed by atoms with Gasteiger partial charge in [-0.15, -0.1) is 11.3 Å². The van der Waals surface area contributed by atoms with Gasteiger partial charge in [0.25, 0.3) is 11.6 Å². The maximum absolute atomic E-state index is 12.4. The Kier molecular flexibility index (Phi) is 6.66. The Bertz CT molecular complexity index is 1350. The largest absolute Gasteiger partial charge is 0.322 e. The number of amides is 2. The molecule has 3 aromatic carbocycles. The molecule has 166 valence electrons. The molecule has 4 rings (SSSR count). The van der Waals surface area contributed by atoms with Gasteiger partial charge in [-0.05, 0) is 43.3 Å². The molecular weight excluding hydrogens is 460 g/mol. The average molecular weight is 479 g/mol. The number of fused-ring (bicyclic) bond motifs is 1. The van der Waals surface area contributed by atoms with E-state index in [4.69, 9.17) is 0 Å². The molecule has 10 heteroatoms. The number of benzene rings is 3. The molecule has 0 atom stereocenters. The lowest BCUT2D eigenvalue weighted by Gasteiger charge is -2.05. The number of carbonyl (C=O) groups is 2. The fourth-order valence-corrected chi connectivity index (χ4v) is 4.91. The summed E-state index contributed by atoms with van der Waals surface area (Å²) in [5.74, 6) is -0.497. The zero-order valence-corrected chi connectivity index (χ0v) is 19.0. The van der Waals surface area contributed by atoms with Crippen molar-refractivity contribution in [3.63, 3.8) is 0 Å². The van der Waals surface area contributed by atoms with Crippen LogP contribution in [0.4, 0.5) is 17.1 Å². The molecule has 0 aliphatic heterocycles. The normalized spacial score (nSPS) is 10.7. The van der Waals surface area contributed by atoms with Crippen molar-refractivity contribution >= 4 is 62.2 Å². The van der Waals surface area contributed by atoms with Gasteiger partial charge in [0.1, 0.15) is 5.69 Å². The number of para-hydroxylation sites is 2. The van der Waals surface area contributed by atoms with Crippen LogP contribution in [0.1, 0.15) is 15.9 Å². The van der Waals surface area contributed by atoms with Crippen LogP contribution in [0.3, 0.4) is 0 Å². The number of anilines is 2. The number of rotatable bonds is 7. The predicted octanol–water partition coefficient (Wildman–Crippen LogP) is 5.50. The van der Waals surface area contributed by atoms with Gasteiger partial charge in [0.2, 0.25) is 5.91 Å². The van der Waals surface area contributed by atoms with Crippen LogP contribution in [0.5, 0.6) is 0 Å². The highest BCUT2D eigenvalue weighted by atomic mass is 32.2. The second-order valence-electron chi connectivity index (χ2n) is 7.09. The molecule has 2 amide bonds. The van der Waals surface area contributed by atoms with E-state index in [9.17, 15) is 19.7 Å². The number of nitro benzene ring substituents is 1. The highest BCUT2D eigenvalue weighted by molar-refractivity contribution is 8.01. The Labute approximate surface area is 197 Å². The van der Waals surface area contributed by atoms with Gasteiger partial charge in [-0.3, -0.25) is 19.7 Å². The summed E-state index contributed by atoms with van der Waals surface area (Å²) < 4.78 is 1.56. The number of thioether (sulfide) groups is 1. The zero-order chi connectivity index (χ0) is 23.4. The summed E-state index contributed by atoms with van der Waals surface area (Å²) in [6, 6.07) is 18.8. The number of thiazole rings is 1. The van der Waals surface area contributed by atoms with Crippen molar-refractivity contribution < 1.29 is 14.5 Å². The van der Waals surface area contributed by atoms with E-state index in [2.05, 4.69) is 15.6 Å². The number of nitrogens with zero attached hydrogens (tertiary/aromatic N) is 2. The summed E-state index contributed by atoms with van der Waals surface area (Å²) in [5.41, 5.74) is 3.07. The van der Waals surface area contributed by atoms with Crippen LogP contribution in [0.2, 0.25) is 0 Å². The monoisotopic (exact) mass is 478 g/mol. The van der Waals surface area contributed by atoms with E-state index >= 15 is 0 Å². The highest BCUT2D eigenvalue weighted by Gasteiger charge is 2.16. The minimum atomic E-state index is -0.536. The molecule has 0 unspecified atom stereocenters. The maximum atomic E-state index is 12.4. The number of aromatic nitrogens is 1. The standard InChI is InChI=1S/C23H18N4O4S2/c1-14-6-8-15(9-7-14)22(29)24-16-10-11-18-20(12-16)33-23(26-18)32-13-21(28)25-17-4-2-3-5-19(17)27(30)31/h2-12H,13H2,1H3,(H,24,29)(H,25,28). The predicted molar refractivity (Wildman–Crippen MR) is 131 cm³/mol. The third-order valence-corrected chi connectivity index (χ3v) is 6.80. The van der Waals surface area contributed by atoms with Crippen LogP contribution >= 0.6 is 23.1 Å². The van der Waals surface area contributed by atoms with Gasteiger partial charge in [-0.2, -0.15) is 0 Å². The molecule has 2 N–H and O–H groups in total. The summed E-state index contributed by atoms with van der Waals surface area (Å²) in [6.07, 6.45) is 0. The lowest BCUT2D eigenvalue weighted by atomic mass is 10.1. The quantitative estimate of drug-likeness (QED) is 0.206. The van der Waals surface area contributed by atoms with Crippen molar-refractivity contribution in [2.75, 3.05) is 16.4 Å². The van der Waals surface area contributed by atoms with E-state index in [1.54, 1.807) is 30.3 Å². The summed E-state index contributed by atoms with van der Waals surface area (Å²) in [4.78, 5) is 39.8. The smallest absolute Gasteiger partial charge is 0.292 e. The highest BCUT2D eigenvalue weighted by Crippen LogP contribution is 2.32. The van der Waals surface area contributed by atoms with Gasteiger partial charge in [-0.1, -0.05) is 41.6 Å². The molecule has 0 spiro atoms. The Hall–Kier alpha value is -3.76. The molecule has 0 saturated heterocycles. The Morgan fingerprint density at radius 3 is 2.58 bits per heavy atom. The minimum absolute atomic E-state index is 0.0584. The third kappa shape index (κ3) is 5.54. The summed E-state index contributed by atoms with van der Waals surface area (Å²) in [7, 11) is 0. The number of aryl methyl sites for hydroxylation is 1. The first-order valence-electron chi connectivity index (χ1n) is 9.84. The van der Waals surface area contributed by atoms with Gasteiger partial charge >= 0.3 is 0 Å². The van der Waals surface area contributed by atoms with E-state index in [0.29, 0.717) is 15.6 Å². The Morgan fingerprint density at radius 2 is 1.82 bits per heavy atom. The van der Waals surface area contributed by atoms with Crippen LogP contribution in [0.15, 0.2) is 71.1 Å². The number of hydrogen-bond donors (Lipinski definition) is 2. The van der Waals surface area contributed by atoms with E-state index in [1.807, 2.05) is 31.2 Å². The Balaban J connectivity index is 1.39. The van der Waals surface area contributed by atoms with Crippen molar-refractivity contribution in [1.82, 2.24) is 4.98 Å². The first kappa shape index (κ1) is 22.4. The molecular formula is C23H18N4O4S2. The SMILES string of the molecule is Cc1ccc(C(=O)Nc2ccc3nc(SCC(=O)Nc4ccccc4[N+](=O)[O-])sc3c2)cc1. The van der Waals surface area contributed by atoms with Crippen LogP contribution in [-0.4, -0.2) is 27.5 Å². The fourth-order valence-electron chi connectivity index (χ4n) is 3.00. The van der Waals surface area contributed by atoms with Crippen molar-refractivity contribution in [3.05, 3.63) is 88.0 Å². The summed E-state index contributed by atoms with van der Waals surface area (Å²) in [5, 5.41) is 16.5. The number of carbonyl (C=O) groups excluding carboxylic acids is 2. The molecule has 0 saturated carbocycles. The fraction of sp³-hybridized carbons (Fsp3) is 0.0870. The van der Waals surface area contributed by atoms with E-state index in [1.165, 1.54) is 35.2 Å². The maximum Gasteiger partial charge on any atom is 0.292 e. The van der Waals surface area contributed by atoms with Crippen LogP contribution in [0, 0.1) is 17.0 Å². The molecule has 1 heterocycles. The van der Waals surface area contributed by atoms with Crippen molar-refractivity contribution in [1.29, 1.82) is 0 Å². The van der Waals surface area contributed by atoms with Gasteiger partial charge in [0.15, 0.2) is 4.34 Å². The third-order valence-electron chi connectivity index (χ3n) is 4.64. The van der Waals surface area contributed by atoms with Crippen LogP contribution in [0.25, 0.3) is 10.2 Å². The van der Waals surface area contributed by atoms with E-state index in [0.717, 1.165) is 15.8 Å². The lowest BCUT2D eigenvalue weighted by molar-refractivity contribution is -0.383. The van der Waals surface area contributed by atoms with Gasteiger partial charge < -0.3 is 10.6 Å². The van der Waals surface area contributed by atoms with Crippen LogP contribution < -0.4 is 10.6 Å². The van der Waals surface area contributed by atoms with Crippen molar-refractivity contribution in [2.24, 2.45) is 0 Å². The molecule has 1 aromatic heterocycles. The molecule has 8 nitrogen and oxygen atoms in total. The topological polar surface area (TPSA) is 114 Å². The second kappa shape index (κ2) is 9.80. The van der Waals surface area contributed by atoms with Gasteiger partial charge in [0.05, 0.1) is 20.9 Å². The molecule has 33 heavy (non-hydrogen) atoms. The number of nitrogens with one attached hydrogen (secondary N) is 2. The summed E-state index contributed by atoms with van der Waals surface area (Å²) in [6.45, 7) is 1.96. The first-order chi connectivity index (χ1) is 15.9. The molecule has 0 bridgehead atoms. The van der Waals surface area contributed by atoms with Crippen molar-refractivity contribution in [3.8, 4) is 0 Å². The Morgan fingerprint density at radius 1 is 1.06 bits per heavy atom. The van der Waals surface area contributed by atoms with Crippen molar-refractivity contribution in [2.45, 2.75) is 11.3 Å². The molecule has 0 radical (unpaired) electrons. The molecule has 4 aromatic rings. The van der Waals surface area contributed by atoms with Crippen LogP contribution in [-0.2, 0) is 4.79 Å². The van der Waals surface area contributed by atoms with Gasteiger partial charge in [0, 0.05) is 17.3 Å². The minimum Gasteiger partial charge on any atom is -0.322 e. The van der Waals surface area contributed by atoms with Gasteiger partial charge in [-0.25, -0.2) is 4.98 Å². The first-order valence-corrected chi connectivity index (χ1v) is 11.6. The number of nitro groups is 1. The average Bonchev–Trinajstić information content (AvgIpc) is 3.20. The molecule has 0 aliphatic rings. The summed E-state index contributed by atoms with van der Waals surface area (Å²) >= 11 is 2.65. The van der Waals surface area contributed by atoms with E-state index in [-0.39, 0.29) is 28.9 Å². The molecule has 0 fully saturated rings. The molecule has 0 aliphatic carbocycles. The number of hydrogen-bond acceptors (Lipinski definition) is 7. The van der Waals surface area contributed by atoms with E-state index < -0.39 is 4.92 Å². The second-order valence-corrected chi connectivity index (χ2v) is 9.35. The lowest BCUT2D eigenvalue weighted by Crippen LogP contribution is -2.15. The zero-order valence-electron chi connectivity index (χ0n) is 17.4.